The van der Waals surface area contributed by atoms with Crippen molar-refractivity contribution >= 4 is 29.0 Å². The van der Waals surface area contributed by atoms with E-state index in [-0.39, 0.29) is 39.8 Å². The number of hydrogen-bond acceptors (Lipinski definition) is 8. The summed E-state index contributed by atoms with van der Waals surface area (Å²) >= 11 is 6.26. The second-order valence-corrected chi connectivity index (χ2v) is 8.95. The van der Waals surface area contributed by atoms with E-state index < -0.39 is 17.6 Å². The molecule has 0 aliphatic carbocycles. The summed E-state index contributed by atoms with van der Waals surface area (Å²) < 4.78 is 57.5. The van der Waals surface area contributed by atoms with Crippen LogP contribution >= 0.6 is 11.6 Å². The van der Waals surface area contributed by atoms with E-state index in [0.717, 1.165) is 12.1 Å². The molecule has 2 aliphatic heterocycles. The summed E-state index contributed by atoms with van der Waals surface area (Å²) in [5.74, 6) is 0.305. The molecular formula is C24H21ClF3N5O4. The third kappa shape index (κ3) is 5.65. The Bertz CT molecular complexity index is 1330. The number of anilines is 2. The number of carbonyl (C=O) groups excluding carboxylic acids is 1. The third-order valence-electron chi connectivity index (χ3n) is 5.64. The lowest BCUT2D eigenvalue weighted by atomic mass is 10.1. The number of halogens is 4. The van der Waals surface area contributed by atoms with E-state index >= 15 is 0 Å². The quantitative estimate of drug-likeness (QED) is 0.469. The van der Waals surface area contributed by atoms with Gasteiger partial charge in [0.05, 0.1) is 17.1 Å². The van der Waals surface area contributed by atoms with Gasteiger partial charge >= 0.3 is 6.18 Å². The zero-order valence-corrected chi connectivity index (χ0v) is 20.2. The molecule has 0 radical (unpaired) electrons. The second kappa shape index (κ2) is 9.94. The Labute approximate surface area is 214 Å². The van der Waals surface area contributed by atoms with Crippen LogP contribution in [-0.2, 0) is 6.18 Å². The largest absolute Gasteiger partial charge is 0.488 e. The number of likely N-dealkylation sites (N-methyl/N-ethyl adjacent to an activating group) is 1. The number of nitrogens with zero attached hydrogens (tertiary/aromatic N) is 3. The van der Waals surface area contributed by atoms with Gasteiger partial charge in [-0.1, -0.05) is 11.6 Å². The highest BCUT2D eigenvalue weighted by atomic mass is 35.5. The minimum Gasteiger partial charge on any atom is -0.488 e. The van der Waals surface area contributed by atoms with Crippen molar-refractivity contribution in [3.63, 3.8) is 0 Å². The van der Waals surface area contributed by atoms with Crippen LogP contribution in [0.4, 0.5) is 24.7 Å². The van der Waals surface area contributed by atoms with Gasteiger partial charge in [0.15, 0.2) is 5.82 Å². The van der Waals surface area contributed by atoms with Crippen LogP contribution in [0.1, 0.15) is 15.9 Å². The topological polar surface area (TPSA) is 97.8 Å². The van der Waals surface area contributed by atoms with E-state index in [1.165, 1.54) is 30.6 Å². The Balaban J connectivity index is 1.37. The van der Waals surface area contributed by atoms with Gasteiger partial charge in [-0.2, -0.15) is 18.2 Å². The Morgan fingerprint density at radius 2 is 2.03 bits per heavy atom. The van der Waals surface area contributed by atoms with Gasteiger partial charge in [0.25, 0.3) is 11.8 Å². The third-order valence-corrected chi connectivity index (χ3v) is 5.95. The lowest BCUT2D eigenvalue weighted by Crippen LogP contribution is -2.51. The molecule has 3 aromatic rings. The van der Waals surface area contributed by atoms with Crippen LogP contribution in [0.15, 0.2) is 42.7 Å². The number of ether oxygens (including phenoxy) is 3. The van der Waals surface area contributed by atoms with Crippen molar-refractivity contribution in [1.29, 1.82) is 0 Å². The van der Waals surface area contributed by atoms with E-state index in [9.17, 15) is 18.0 Å². The first-order chi connectivity index (χ1) is 17.7. The van der Waals surface area contributed by atoms with Crippen molar-refractivity contribution in [2.24, 2.45) is 0 Å². The molecule has 194 valence electrons. The van der Waals surface area contributed by atoms with Gasteiger partial charge in [0.2, 0.25) is 5.75 Å². The molecule has 0 bridgehead atoms. The first-order valence-electron chi connectivity index (χ1n) is 11.2. The molecule has 0 saturated carbocycles. The molecule has 2 aliphatic rings. The summed E-state index contributed by atoms with van der Waals surface area (Å²) in [4.78, 5) is 23.1. The van der Waals surface area contributed by atoms with Crippen molar-refractivity contribution in [2.45, 2.75) is 12.3 Å². The van der Waals surface area contributed by atoms with Crippen LogP contribution in [0.25, 0.3) is 0 Å². The number of nitrogens with one attached hydrogen (secondary N) is 2. The van der Waals surface area contributed by atoms with Gasteiger partial charge < -0.3 is 24.8 Å². The molecular weight excluding hydrogens is 515 g/mol. The van der Waals surface area contributed by atoms with Crippen molar-refractivity contribution < 1.29 is 32.2 Å². The standard InChI is InChI=1S/C24H21ClF3N5O4/c1-33-10-17(11-33)36-16-8-14(24(26,27)28)7-15(9-16)32-22(34)13-2-3-18(25)19(6-13)37-23-20-21(30-12-31-23)29-4-5-35-20/h2-3,6-9,12,17H,4-5,10-11H2,1H3,(H,32,34)(H,29,30,31). The number of rotatable bonds is 6. The maximum atomic E-state index is 13.5. The maximum absolute atomic E-state index is 13.5. The first-order valence-corrected chi connectivity index (χ1v) is 11.6. The van der Waals surface area contributed by atoms with E-state index in [1.54, 1.807) is 0 Å². The normalized spacial score (nSPS) is 15.6. The lowest BCUT2D eigenvalue weighted by Gasteiger charge is -2.36. The van der Waals surface area contributed by atoms with E-state index in [4.69, 9.17) is 25.8 Å². The van der Waals surface area contributed by atoms with Gasteiger partial charge in [-0.05, 0) is 37.4 Å². The highest BCUT2D eigenvalue weighted by Crippen LogP contribution is 2.39. The zero-order chi connectivity index (χ0) is 26.2. The first kappa shape index (κ1) is 24.9. The highest BCUT2D eigenvalue weighted by Gasteiger charge is 2.33. The number of carbonyl (C=O) groups is 1. The Morgan fingerprint density at radius 1 is 1.22 bits per heavy atom. The van der Waals surface area contributed by atoms with Gasteiger partial charge in [0, 0.05) is 30.4 Å². The summed E-state index contributed by atoms with van der Waals surface area (Å²) in [7, 11) is 1.88. The molecule has 1 amide bonds. The van der Waals surface area contributed by atoms with Crippen LogP contribution in [0, 0.1) is 0 Å². The number of aromatic nitrogens is 2. The average molecular weight is 536 g/mol. The molecule has 1 aromatic heterocycles. The van der Waals surface area contributed by atoms with Crippen LogP contribution in [0.2, 0.25) is 5.02 Å². The summed E-state index contributed by atoms with van der Waals surface area (Å²) in [5.41, 5.74) is -0.901. The molecule has 37 heavy (non-hydrogen) atoms. The molecule has 13 heteroatoms. The van der Waals surface area contributed by atoms with Crippen molar-refractivity contribution in [1.82, 2.24) is 14.9 Å². The van der Waals surface area contributed by atoms with Gasteiger partial charge in [0.1, 0.15) is 30.5 Å². The second-order valence-electron chi connectivity index (χ2n) is 8.54. The number of likely N-dealkylation sites (tertiary alicyclic amines) is 1. The SMILES string of the molecule is CN1CC(Oc2cc(NC(=O)c3ccc(Cl)c(Oc4ncnc5c4OCCN5)c3)cc(C(F)(F)F)c2)C1. The Kier molecular flexibility index (Phi) is 6.69. The van der Waals surface area contributed by atoms with Crippen molar-refractivity contribution in [2.75, 3.05) is 43.9 Å². The number of benzene rings is 2. The van der Waals surface area contributed by atoms with E-state index in [0.29, 0.717) is 37.8 Å². The molecule has 9 nitrogen and oxygen atoms in total. The van der Waals surface area contributed by atoms with Crippen molar-refractivity contribution in [3.05, 3.63) is 58.9 Å². The smallest absolute Gasteiger partial charge is 0.416 e. The van der Waals surface area contributed by atoms with Crippen LogP contribution in [0.3, 0.4) is 0 Å². The monoisotopic (exact) mass is 535 g/mol. The number of alkyl halides is 3. The van der Waals surface area contributed by atoms with Crippen LogP contribution in [0.5, 0.6) is 23.1 Å². The fraction of sp³-hybridized carbons (Fsp3) is 0.292. The molecule has 2 aromatic carbocycles. The van der Waals surface area contributed by atoms with Crippen LogP contribution < -0.4 is 24.8 Å². The number of amides is 1. The molecule has 3 heterocycles. The maximum Gasteiger partial charge on any atom is 0.416 e. The summed E-state index contributed by atoms with van der Waals surface area (Å²) in [6.45, 7) is 2.15. The predicted octanol–water partition coefficient (Wildman–Crippen LogP) is 4.69. The predicted molar refractivity (Wildman–Crippen MR) is 129 cm³/mol. The molecule has 0 spiro atoms. The Hall–Kier alpha value is -3.77. The van der Waals surface area contributed by atoms with Gasteiger partial charge in [-0.3, -0.25) is 9.69 Å². The van der Waals surface area contributed by atoms with Crippen LogP contribution in [-0.4, -0.2) is 60.2 Å². The summed E-state index contributed by atoms with van der Waals surface area (Å²) in [6, 6.07) is 7.34. The molecule has 0 unspecified atom stereocenters. The lowest BCUT2D eigenvalue weighted by molar-refractivity contribution is -0.137. The molecule has 1 fully saturated rings. The summed E-state index contributed by atoms with van der Waals surface area (Å²) in [5, 5.41) is 5.74. The highest BCUT2D eigenvalue weighted by molar-refractivity contribution is 6.32. The average Bonchev–Trinajstić information content (AvgIpc) is 2.84. The Morgan fingerprint density at radius 3 is 2.78 bits per heavy atom. The fourth-order valence-corrected chi connectivity index (χ4v) is 4.01. The van der Waals surface area contributed by atoms with Crippen molar-refractivity contribution in [3.8, 4) is 23.1 Å². The number of fused-ring (bicyclic) bond motifs is 1. The van der Waals surface area contributed by atoms with Gasteiger partial charge in [-0.15, -0.1) is 0 Å². The molecule has 2 N–H and O–H groups in total. The number of hydrogen-bond donors (Lipinski definition) is 2. The summed E-state index contributed by atoms with van der Waals surface area (Å²) in [6.07, 6.45) is -3.56. The molecule has 5 rings (SSSR count). The van der Waals surface area contributed by atoms with Gasteiger partial charge in [-0.25, -0.2) is 4.98 Å². The zero-order valence-electron chi connectivity index (χ0n) is 19.4. The molecule has 0 atom stereocenters. The minimum absolute atomic E-state index is 0.0190. The van der Waals surface area contributed by atoms with E-state index in [2.05, 4.69) is 20.6 Å². The molecule has 1 saturated heterocycles. The minimum atomic E-state index is -4.62. The fourth-order valence-electron chi connectivity index (χ4n) is 3.85. The van der Waals surface area contributed by atoms with E-state index in [1.807, 2.05) is 11.9 Å².